The zero-order valence-corrected chi connectivity index (χ0v) is 21.2. The van der Waals surface area contributed by atoms with Crippen molar-refractivity contribution in [2.24, 2.45) is 0 Å². The number of terminal acetylenes is 2. The monoisotopic (exact) mass is 542 g/mol. The van der Waals surface area contributed by atoms with E-state index in [4.69, 9.17) is 36.5 Å². The first-order valence-electron chi connectivity index (χ1n) is 9.17. The van der Waals surface area contributed by atoms with E-state index < -0.39 is 34.0 Å². The van der Waals surface area contributed by atoms with Gasteiger partial charge in [-0.25, -0.2) is 16.8 Å². The van der Waals surface area contributed by atoms with Crippen LogP contribution in [0.15, 0.2) is 36.4 Å². The number of hydrogen-bond donors (Lipinski definition) is 0. The molecule has 2 aromatic rings. The third kappa shape index (κ3) is 13.6. The van der Waals surface area contributed by atoms with Crippen LogP contribution in [0.4, 0.5) is 0 Å². The van der Waals surface area contributed by atoms with E-state index in [9.17, 15) is 25.9 Å². The van der Waals surface area contributed by atoms with Gasteiger partial charge in [0.15, 0.2) is 23.0 Å². The van der Waals surface area contributed by atoms with E-state index in [-0.39, 0.29) is 85.4 Å². The molecular weight excluding hydrogens is 526 g/mol. The van der Waals surface area contributed by atoms with Gasteiger partial charge in [-0.1, -0.05) is 12.8 Å². The zero-order valence-electron chi connectivity index (χ0n) is 19.6. The molecule has 2 aromatic carbocycles. The standard InChI is InChI=1S/C20H18O13S2.2Li/c1-3-27-17-7-5-15(13-19(17)29-9-11-31-34(21,22)23)33-16-6-8-18(28-4-2)20(14-16)30-10-12-32-35(24,25)26;;/h1-2,5-8,13-14H,9-12H2,(H,21,22,23)(H,24,25,26);;/q;2*+1/p-2. The molecule has 0 amide bonds. The minimum Gasteiger partial charge on any atom is -0.726 e. The summed E-state index contributed by atoms with van der Waals surface area (Å²) >= 11 is 0. The normalized spacial score (nSPS) is 10.5. The van der Waals surface area contributed by atoms with Crippen molar-refractivity contribution in [1.82, 2.24) is 0 Å². The second-order valence-electron chi connectivity index (χ2n) is 5.92. The maximum absolute atomic E-state index is 10.5. The molecule has 0 N–H and O–H groups in total. The molecule has 13 nitrogen and oxygen atoms in total. The van der Waals surface area contributed by atoms with Crippen LogP contribution in [-0.2, 0) is 29.2 Å². The molecule has 0 fully saturated rings. The van der Waals surface area contributed by atoms with Crippen molar-refractivity contribution in [3.63, 3.8) is 0 Å². The fourth-order valence-corrected chi connectivity index (χ4v) is 2.88. The summed E-state index contributed by atoms with van der Waals surface area (Å²) < 4.78 is 97.5. The van der Waals surface area contributed by atoms with Crippen molar-refractivity contribution in [3.8, 4) is 59.6 Å². The topological polar surface area (TPSA) is 179 Å². The molecule has 37 heavy (non-hydrogen) atoms. The van der Waals surface area contributed by atoms with E-state index in [1.807, 2.05) is 12.2 Å². The van der Waals surface area contributed by atoms with E-state index in [0.717, 1.165) is 0 Å². The Balaban J connectivity index is 0.00000648. The molecule has 0 unspecified atom stereocenters. The van der Waals surface area contributed by atoms with Crippen molar-refractivity contribution in [2.75, 3.05) is 26.4 Å². The average Bonchev–Trinajstić information content (AvgIpc) is 2.76. The second kappa shape index (κ2) is 16.4. The average molecular weight is 542 g/mol. The first-order chi connectivity index (χ1) is 16.5. The molecule has 188 valence electrons. The van der Waals surface area contributed by atoms with Crippen LogP contribution in [0.5, 0.6) is 34.5 Å². The molecule has 0 radical (unpaired) electrons. The Morgan fingerprint density at radius 1 is 0.649 bits per heavy atom. The number of ether oxygens (including phenoxy) is 5. The number of rotatable bonds is 14. The Hall–Kier alpha value is -2.51. The number of benzene rings is 2. The molecule has 0 atom stereocenters. The van der Waals surface area contributed by atoms with Gasteiger partial charge in [-0.05, 0) is 24.3 Å². The minimum atomic E-state index is -4.88. The fourth-order valence-electron chi connectivity index (χ4n) is 2.34. The van der Waals surface area contributed by atoms with E-state index in [1.165, 1.54) is 36.4 Å². The van der Waals surface area contributed by atoms with Crippen LogP contribution in [0.25, 0.3) is 0 Å². The van der Waals surface area contributed by atoms with Gasteiger partial charge >= 0.3 is 37.7 Å². The van der Waals surface area contributed by atoms with E-state index in [1.54, 1.807) is 0 Å². The van der Waals surface area contributed by atoms with Crippen LogP contribution in [-0.4, -0.2) is 52.4 Å². The molecule has 0 spiro atoms. The van der Waals surface area contributed by atoms with Crippen LogP contribution in [0.3, 0.4) is 0 Å². The summed E-state index contributed by atoms with van der Waals surface area (Å²) in [4.78, 5) is 0. The van der Waals surface area contributed by atoms with Gasteiger partial charge in [0.25, 0.3) is 0 Å². The quantitative estimate of drug-likeness (QED) is 0.0730. The Bertz CT molecular complexity index is 1220. The Labute approximate surface area is 237 Å². The van der Waals surface area contributed by atoms with Gasteiger partial charge in [-0.3, -0.25) is 8.37 Å². The van der Waals surface area contributed by atoms with Gasteiger partial charge in [-0.2, -0.15) is 0 Å². The Morgan fingerprint density at radius 2 is 1.03 bits per heavy atom. The van der Waals surface area contributed by atoms with Gasteiger partial charge in [-0.15, -0.1) is 0 Å². The summed E-state index contributed by atoms with van der Waals surface area (Å²) in [7, 11) is -9.76. The van der Waals surface area contributed by atoms with Crippen LogP contribution in [0.1, 0.15) is 0 Å². The first kappa shape index (κ1) is 34.5. The molecule has 0 aliphatic heterocycles. The van der Waals surface area contributed by atoms with Gasteiger partial charge < -0.3 is 32.8 Å². The maximum atomic E-state index is 10.5. The largest absolute Gasteiger partial charge is 1.00 e. The summed E-state index contributed by atoms with van der Waals surface area (Å²) in [6.45, 7) is -1.77. The Morgan fingerprint density at radius 3 is 1.35 bits per heavy atom. The molecule has 0 bridgehead atoms. The predicted octanol–water partition coefficient (Wildman–Crippen LogP) is -4.86. The maximum Gasteiger partial charge on any atom is 1.00 e. The van der Waals surface area contributed by atoms with Crippen LogP contribution >= 0.6 is 0 Å². The molecular formula is C20H16Li2O13S2. The second-order valence-corrected chi connectivity index (χ2v) is 8.02. The summed E-state index contributed by atoms with van der Waals surface area (Å²) in [6, 6.07) is 8.47. The Kier molecular flexibility index (Phi) is 15.3. The van der Waals surface area contributed by atoms with Gasteiger partial charge in [0.1, 0.15) is 36.9 Å². The summed E-state index contributed by atoms with van der Waals surface area (Å²) in [5.41, 5.74) is 0. The van der Waals surface area contributed by atoms with Crippen molar-refractivity contribution in [1.29, 1.82) is 0 Å². The van der Waals surface area contributed by atoms with Crippen LogP contribution in [0, 0.1) is 25.1 Å². The smallest absolute Gasteiger partial charge is 0.726 e. The summed E-state index contributed by atoms with van der Waals surface area (Å²) in [5, 5.41) is 0. The molecule has 0 aromatic heterocycles. The third-order valence-corrected chi connectivity index (χ3v) is 4.45. The van der Waals surface area contributed by atoms with Crippen molar-refractivity contribution >= 4 is 20.8 Å². The molecule has 2 rings (SSSR count). The molecule has 0 saturated heterocycles. The van der Waals surface area contributed by atoms with Crippen LogP contribution < -0.4 is 61.4 Å². The van der Waals surface area contributed by atoms with Gasteiger partial charge in [0.05, 0.1) is 13.2 Å². The fraction of sp³-hybridized carbons (Fsp3) is 0.200. The van der Waals surface area contributed by atoms with E-state index >= 15 is 0 Å². The molecule has 17 heteroatoms. The van der Waals surface area contributed by atoms with Crippen LogP contribution in [0.2, 0.25) is 0 Å². The molecule has 0 heterocycles. The van der Waals surface area contributed by atoms with Crippen molar-refractivity contribution in [3.05, 3.63) is 36.4 Å². The first-order valence-corrected chi connectivity index (χ1v) is 11.8. The zero-order chi connectivity index (χ0) is 25.9. The van der Waals surface area contributed by atoms with Gasteiger partial charge in [0, 0.05) is 12.1 Å². The molecule has 0 aliphatic carbocycles. The van der Waals surface area contributed by atoms with Crippen molar-refractivity contribution in [2.45, 2.75) is 0 Å². The van der Waals surface area contributed by atoms with E-state index in [0.29, 0.717) is 0 Å². The van der Waals surface area contributed by atoms with Gasteiger partial charge in [0.2, 0.25) is 20.8 Å². The van der Waals surface area contributed by atoms with Crippen molar-refractivity contribution < 1.29 is 95.7 Å². The van der Waals surface area contributed by atoms with E-state index in [2.05, 4.69) is 8.37 Å². The molecule has 0 aliphatic rings. The number of hydrogen-bond acceptors (Lipinski definition) is 13. The SMILES string of the molecule is C#COc1ccc(Oc2ccc(OC#C)c(OCCOS(=O)(=O)[O-])c2)cc1OCCOS(=O)(=O)[O-].[Li+].[Li+]. The predicted molar refractivity (Wildman–Crippen MR) is 114 cm³/mol. The molecule has 0 saturated carbocycles. The summed E-state index contributed by atoms with van der Waals surface area (Å²) in [6.07, 6.45) is 14.2. The minimum absolute atomic E-state index is 0. The summed E-state index contributed by atoms with van der Waals surface area (Å²) in [5.74, 6) is 0.706. The third-order valence-electron chi connectivity index (χ3n) is 3.54.